The molecule has 0 N–H and O–H groups in total. The number of halogens is 4. The number of aromatic nitrogens is 4. The lowest BCUT2D eigenvalue weighted by molar-refractivity contribution is -0.160. The molecule has 2 aromatic carbocycles. The van der Waals surface area contributed by atoms with Gasteiger partial charge in [0.25, 0.3) is 0 Å². The molecule has 4 aromatic rings. The van der Waals surface area contributed by atoms with E-state index in [2.05, 4.69) is 24.8 Å². The zero-order valence-corrected chi connectivity index (χ0v) is 21.4. The Morgan fingerprint density at radius 2 is 1.44 bits per heavy atom. The first-order valence-corrected chi connectivity index (χ1v) is 12.6. The predicted octanol–water partition coefficient (Wildman–Crippen LogP) is 5.67. The van der Waals surface area contributed by atoms with E-state index in [1.807, 2.05) is 4.90 Å². The molecule has 202 valence electrons. The second-order valence-electron chi connectivity index (χ2n) is 8.46. The smallest absolute Gasteiger partial charge is 0.352 e. The summed E-state index contributed by atoms with van der Waals surface area (Å²) in [5.41, 5.74) is 1.38. The molecule has 39 heavy (non-hydrogen) atoms. The van der Waals surface area contributed by atoms with Gasteiger partial charge in [-0.1, -0.05) is 24.3 Å². The van der Waals surface area contributed by atoms with E-state index in [9.17, 15) is 17.6 Å². The molecule has 1 aliphatic rings. The van der Waals surface area contributed by atoms with Crippen molar-refractivity contribution in [1.29, 1.82) is 0 Å². The van der Waals surface area contributed by atoms with Gasteiger partial charge in [-0.25, -0.2) is 29.2 Å². The monoisotopic (exact) mass is 558 g/mol. The first-order chi connectivity index (χ1) is 18.8. The summed E-state index contributed by atoms with van der Waals surface area (Å²) in [6.45, 7) is 1.67. The van der Waals surface area contributed by atoms with Gasteiger partial charge in [0.1, 0.15) is 11.6 Å². The summed E-state index contributed by atoms with van der Waals surface area (Å²) in [5.74, 6) is -1.06. The van der Waals surface area contributed by atoms with E-state index in [-0.39, 0.29) is 11.5 Å². The summed E-state index contributed by atoms with van der Waals surface area (Å²) >= 11 is 0.958. The van der Waals surface area contributed by atoms with Gasteiger partial charge in [0, 0.05) is 49.0 Å². The minimum Gasteiger partial charge on any atom is -0.352 e. The zero-order valence-electron chi connectivity index (χ0n) is 20.6. The van der Waals surface area contributed by atoms with Crippen LogP contribution in [0.15, 0.2) is 71.9 Å². The molecule has 5 rings (SSSR count). The second kappa shape index (κ2) is 11.5. The van der Waals surface area contributed by atoms with Crippen molar-refractivity contribution >= 4 is 23.8 Å². The van der Waals surface area contributed by atoms with Gasteiger partial charge >= 0.3 is 6.18 Å². The van der Waals surface area contributed by atoms with Crippen molar-refractivity contribution < 1.29 is 26.8 Å². The van der Waals surface area contributed by atoms with Crippen LogP contribution in [0, 0.1) is 5.82 Å². The average Bonchev–Trinajstić information content (AvgIpc) is 2.96. The molecule has 0 amide bonds. The van der Waals surface area contributed by atoms with Crippen LogP contribution < -0.4 is 9.80 Å². The molecular weight excluding hydrogens is 536 g/mol. The first kappa shape index (κ1) is 26.8. The molecule has 0 bridgehead atoms. The van der Waals surface area contributed by atoms with Gasteiger partial charge in [-0.05, 0) is 35.9 Å². The van der Waals surface area contributed by atoms with E-state index in [1.165, 1.54) is 31.4 Å². The van der Waals surface area contributed by atoms with Crippen LogP contribution in [-0.4, -0.2) is 53.2 Å². The Morgan fingerprint density at radius 1 is 0.821 bits per heavy atom. The van der Waals surface area contributed by atoms with Crippen LogP contribution in [0.5, 0.6) is 0 Å². The maximum atomic E-state index is 14.1. The standard InChI is InChI=1S/C26H22F4N6O2S/c1-37-38-39-20-9-5-18(6-10-20)22-21(17-3-7-19(27)8-4-17)23(34-24(33-22)26(28,29)30)35-13-15-36(16-14-35)25-31-11-2-12-32-25/h2-12H,13-16H2,1H3. The van der Waals surface area contributed by atoms with Gasteiger partial charge in [-0.2, -0.15) is 17.5 Å². The van der Waals surface area contributed by atoms with Gasteiger partial charge in [-0.15, -0.1) is 0 Å². The van der Waals surface area contributed by atoms with Gasteiger partial charge in [0.05, 0.1) is 30.4 Å². The number of benzene rings is 2. The number of nitrogens with zero attached hydrogens (tertiary/aromatic N) is 6. The van der Waals surface area contributed by atoms with E-state index in [1.54, 1.807) is 47.6 Å². The van der Waals surface area contributed by atoms with Crippen LogP contribution in [0.3, 0.4) is 0 Å². The molecule has 0 saturated carbocycles. The van der Waals surface area contributed by atoms with Crippen molar-refractivity contribution in [3.05, 3.63) is 78.6 Å². The van der Waals surface area contributed by atoms with Crippen molar-refractivity contribution in [1.82, 2.24) is 19.9 Å². The minimum atomic E-state index is -4.79. The number of alkyl halides is 3. The molecule has 0 aliphatic carbocycles. The number of anilines is 2. The van der Waals surface area contributed by atoms with E-state index < -0.39 is 17.8 Å². The summed E-state index contributed by atoms with van der Waals surface area (Å²) in [7, 11) is 1.37. The van der Waals surface area contributed by atoms with Gasteiger partial charge in [-0.3, -0.25) is 0 Å². The van der Waals surface area contributed by atoms with Crippen molar-refractivity contribution in [3.8, 4) is 22.4 Å². The Kier molecular flexibility index (Phi) is 7.91. The molecule has 0 atom stereocenters. The van der Waals surface area contributed by atoms with Crippen LogP contribution in [0.25, 0.3) is 22.4 Å². The van der Waals surface area contributed by atoms with Gasteiger partial charge < -0.3 is 9.80 Å². The van der Waals surface area contributed by atoms with E-state index >= 15 is 0 Å². The number of rotatable bonds is 7. The molecule has 1 fully saturated rings. The van der Waals surface area contributed by atoms with Crippen molar-refractivity contribution in [2.24, 2.45) is 0 Å². The molecule has 1 saturated heterocycles. The third kappa shape index (κ3) is 6.10. The fraction of sp³-hybridized carbons (Fsp3) is 0.231. The molecule has 3 heterocycles. The number of hydrogen-bond acceptors (Lipinski definition) is 9. The molecule has 1 aliphatic heterocycles. The Bertz CT molecular complexity index is 1400. The fourth-order valence-corrected chi connectivity index (χ4v) is 4.60. The number of hydrogen-bond donors (Lipinski definition) is 0. The van der Waals surface area contributed by atoms with Crippen molar-refractivity contribution in [2.75, 3.05) is 43.1 Å². The Hall–Kier alpha value is -3.81. The summed E-state index contributed by atoms with van der Waals surface area (Å²) in [4.78, 5) is 25.5. The highest BCUT2D eigenvalue weighted by molar-refractivity contribution is 7.94. The average molecular weight is 559 g/mol. The molecule has 8 nitrogen and oxygen atoms in total. The van der Waals surface area contributed by atoms with Crippen LogP contribution in [0.2, 0.25) is 0 Å². The van der Waals surface area contributed by atoms with E-state index in [0.29, 0.717) is 53.7 Å². The molecular formula is C26H22F4N6O2S. The molecule has 0 radical (unpaired) electrons. The van der Waals surface area contributed by atoms with Gasteiger partial charge in [0.2, 0.25) is 11.8 Å². The lowest BCUT2D eigenvalue weighted by Crippen LogP contribution is -2.47. The second-order valence-corrected chi connectivity index (χ2v) is 9.24. The van der Waals surface area contributed by atoms with Crippen LogP contribution in [0.1, 0.15) is 5.82 Å². The van der Waals surface area contributed by atoms with Crippen molar-refractivity contribution in [3.63, 3.8) is 0 Å². The molecule has 2 aromatic heterocycles. The number of piperazine rings is 1. The lowest BCUT2D eigenvalue weighted by Gasteiger charge is -2.36. The van der Waals surface area contributed by atoms with Crippen molar-refractivity contribution in [2.45, 2.75) is 11.1 Å². The predicted molar refractivity (Wildman–Crippen MR) is 138 cm³/mol. The summed E-state index contributed by atoms with van der Waals surface area (Å²) in [6.07, 6.45) is -1.51. The zero-order chi connectivity index (χ0) is 27.4. The van der Waals surface area contributed by atoms with Crippen LogP contribution in [0.4, 0.5) is 29.3 Å². The first-order valence-electron chi connectivity index (χ1n) is 11.8. The highest BCUT2D eigenvalue weighted by Gasteiger charge is 2.38. The summed E-state index contributed by atoms with van der Waals surface area (Å²) < 4.78 is 60.8. The summed E-state index contributed by atoms with van der Waals surface area (Å²) in [6, 6.07) is 13.9. The van der Waals surface area contributed by atoms with E-state index in [4.69, 9.17) is 4.33 Å². The van der Waals surface area contributed by atoms with E-state index in [0.717, 1.165) is 12.0 Å². The third-order valence-electron chi connectivity index (χ3n) is 6.02. The SMILES string of the molecule is COOSc1ccc(-c2nc(C(F)(F)F)nc(N3CCN(c4ncccn4)CC3)c2-c2ccc(F)cc2)cc1. The molecule has 13 heteroatoms. The normalized spacial score (nSPS) is 14.1. The highest BCUT2D eigenvalue weighted by atomic mass is 32.2. The minimum absolute atomic E-state index is 0.0805. The highest BCUT2D eigenvalue weighted by Crippen LogP contribution is 2.41. The summed E-state index contributed by atoms with van der Waals surface area (Å²) in [5, 5.41) is 0. The largest absolute Gasteiger partial charge is 0.451 e. The van der Waals surface area contributed by atoms with Gasteiger partial charge in [0.15, 0.2) is 0 Å². The third-order valence-corrected chi connectivity index (χ3v) is 6.69. The Labute approximate surface area is 225 Å². The lowest BCUT2D eigenvalue weighted by atomic mass is 9.98. The molecule has 0 spiro atoms. The maximum Gasteiger partial charge on any atom is 0.451 e. The molecule has 0 unspecified atom stereocenters. The maximum absolute atomic E-state index is 14.1. The topological polar surface area (TPSA) is 76.5 Å². The Balaban J connectivity index is 1.61. The Morgan fingerprint density at radius 3 is 2.05 bits per heavy atom. The van der Waals surface area contributed by atoms with Crippen LogP contribution in [-0.2, 0) is 15.4 Å². The quantitative estimate of drug-likeness (QED) is 0.123. The fourth-order valence-electron chi connectivity index (χ4n) is 4.21. The van der Waals surface area contributed by atoms with Crippen LogP contribution >= 0.6 is 12.0 Å².